The van der Waals surface area contributed by atoms with Crippen LogP contribution in [-0.2, 0) is 0 Å². The van der Waals surface area contributed by atoms with Crippen LogP contribution in [0.4, 0.5) is 0 Å². The quantitative estimate of drug-likeness (QED) is 0.206. The van der Waals surface area contributed by atoms with Crippen molar-refractivity contribution < 1.29 is 4.42 Å². The summed E-state index contributed by atoms with van der Waals surface area (Å²) in [6.45, 7) is 0. The fourth-order valence-electron chi connectivity index (χ4n) is 6.29. The lowest BCUT2D eigenvalue weighted by Gasteiger charge is -2.10. The van der Waals surface area contributed by atoms with E-state index in [1.807, 2.05) is 12.1 Å². The van der Waals surface area contributed by atoms with Gasteiger partial charge in [0, 0.05) is 32.7 Å². The third kappa shape index (κ3) is 3.90. The minimum atomic E-state index is 0.902. The zero-order valence-electron chi connectivity index (χ0n) is 23.2. The van der Waals surface area contributed by atoms with Gasteiger partial charge < -0.3 is 4.42 Å². The van der Waals surface area contributed by atoms with Crippen LogP contribution in [0, 0.1) is 0 Å². The van der Waals surface area contributed by atoms with Gasteiger partial charge in [0.15, 0.2) is 0 Å². The van der Waals surface area contributed by atoms with Gasteiger partial charge in [-0.05, 0) is 58.3 Å². The Morgan fingerprint density at radius 2 is 1.00 bits per heavy atom. The second-order valence-corrected chi connectivity index (χ2v) is 11.0. The first-order valence-electron chi connectivity index (χ1n) is 14.5. The molecule has 0 aliphatic rings. The molecule has 9 rings (SSSR count). The molecular weight excluding hydrogens is 524 g/mol. The zero-order valence-corrected chi connectivity index (χ0v) is 23.2. The molecule has 0 aliphatic heterocycles. The summed E-state index contributed by atoms with van der Waals surface area (Å²) in [5.41, 5.74) is 10.00. The molecule has 43 heavy (non-hydrogen) atoms. The van der Waals surface area contributed by atoms with Gasteiger partial charge in [-0.2, -0.15) is 0 Å². The first kappa shape index (κ1) is 23.9. The SMILES string of the molecule is c1cc(-c2ccc3oc4ccccc4c3c2)cc(-c2ccc3ccc4ccc(-c5cccc6ccccc56)nc4c3n2)c1. The van der Waals surface area contributed by atoms with Crippen molar-refractivity contribution in [2.45, 2.75) is 0 Å². The highest BCUT2D eigenvalue weighted by Crippen LogP contribution is 2.35. The highest BCUT2D eigenvalue weighted by atomic mass is 16.3. The van der Waals surface area contributed by atoms with E-state index in [0.717, 1.165) is 77.4 Å². The van der Waals surface area contributed by atoms with Crippen molar-refractivity contribution >= 4 is 54.5 Å². The van der Waals surface area contributed by atoms with Crippen LogP contribution in [0.5, 0.6) is 0 Å². The van der Waals surface area contributed by atoms with E-state index in [-0.39, 0.29) is 0 Å². The average Bonchev–Trinajstić information content (AvgIpc) is 3.45. The summed E-state index contributed by atoms with van der Waals surface area (Å²) in [6.07, 6.45) is 0. The van der Waals surface area contributed by atoms with Crippen LogP contribution in [0.2, 0.25) is 0 Å². The predicted octanol–water partition coefficient (Wildman–Crippen LogP) is 10.8. The van der Waals surface area contributed by atoms with E-state index < -0.39 is 0 Å². The van der Waals surface area contributed by atoms with E-state index in [9.17, 15) is 0 Å². The molecule has 0 atom stereocenters. The van der Waals surface area contributed by atoms with Gasteiger partial charge >= 0.3 is 0 Å². The summed E-state index contributed by atoms with van der Waals surface area (Å²) in [5.74, 6) is 0. The zero-order chi connectivity index (χ0) is 28.3. The molecule has 0 N–H and O–H groups in total. The maximum atomic E-state index is 6.05. The molecule has 0 saturated heterocycles. The molecule has 0 aliphatic carbocycles. The lowest BCUT2D eigenvalue weighted by molar-refractivity contribution is 0.669. The lowest BCUT2D eigenvalue weighted by Crippen LogP contribution is -1.91. The number of fused-ring (bicyclic) bond motifs is 7. The Balaban J connectivity index is 1.17. The fraction of sp³-hybridized carbons (Fsp3) is 0. The number of aromatic nitrogens is 2. The van der Waals surface area contributed by atoms with E-state index in [1.54, 1.807) is 0 Å². The number of furan rings is 1. The van der Waals surface area contributed by atoms with Gasteiger partial charge in [0.2, 0.25) is 0 Å². The first-order valence-corrected chi connectivity index (χ1v) is 14.5. The molecular formula is C40H24N2O. The van der Waals surface area contributed by atoms with Crippen LogP contribution < -0.4 is 0 Å². The van der Waals surface area contributed by atoms with Crippen molar-refractivity contribution in [2.24, 2.45) is 0 Å². The number of pyridine rings is 2. The maximum absolute atomic E-state index is 6.05. The number of nitrogens with zero attached hydrogens (tertiary/aromatic N) is 2. The fourth-order valence-corrected chi connectivity index (χ4v) is 6.29. The molecule has 0 unspecified atom stereocenters. The Labute approximate surface area is 247 Å². The van der Waals surface area contributed by atoms with Crippen LogP contribution in [0.25, 0.3) is 88.2 Å². The molecule has 3 heteroatoms. The molecule has 9 aromatic rings. The van der Waals surface area contributed by atoms with Crippen LogP contribution in [0.15, 0.2) is 150 Å². The first-order chi connectivity index (χ1) is 21.3. The summed E-state index contributed by atoms with van der Waals surface area (Å²) in [5, 5.41) is 6.82. The molecule has 0 fully saturated rings. The van der Waals surface area contributed by atoms with E-state index in [4.69, 9.17) is 14.4 Å². The van der Waals surface area contributed by atoms with Crippen molar-refractivity contribution in [3.05, 3.63) is 146 Å². The molecule has 3 nitrogen and oxygen atoms in total. The van der Waals surface area contributed by atoms with Crippen molar-refractivity contribution in [2.75, 3.05) is 0 Å². The van der Waals surface area contributed by atoms with Crippen LogP contribution >= 0.6 is 0 Å². The standard InChI is InChI=1S/C40H24N2O/c1-2-11-31-25(7-1)8-6-13-32(31)36-21-18-27-16-15-26-17-20-35(41-39(26)40(27)42-36)30-10-5-9-28(23-30)29-19-22-38-34(24-29)33-12-3-4-14-37(33)43-38/h1-24H. The largest absolute Gasteiger partial charge is 0.456 e. The molecule has 200 valence electrons. The van der Waals surface area contributed by atoms with E-state index in [0.29, 0.717) is 0 Å². The van der Waals surface area contributed by atoms with Crippen molar-refractivity contribution in [1.82, 2.24) is 9.97 Å². The van der Waals surface area contributed by atoms with Gasteiger partial charge in [0.1, 0.15) is 11.2 Å². The van der Waals surface area contributed by atoms with Gasteiger partial charge in [-0.15, -0.1) is 0 Å². The number of benzene rings is 6. The van der Waals surface area contributed by atoms with E-state index in [2.05, 4.69) is 133 Å². The third-order valence-corrected chi connectivity index (χ3v) is 8.45. The highest BCUT2D eigenvalue weighted by molar-refractivity contribution is 6.07. The minimum Gasteiger partial charge on any atom is -0.456 e. The van der Waals surface area contributed by atoms with Gasteiger partial charge in [-0.3, -0.25) is 0 Å². The number of para-hydroxylation sites is 1. The van der Waals surface area contributed by atoms with E-state index >= 15 is 0 Å². The van der Waals surface area contributed by atoms with Crippen LogP contribution in [0.1, 0.15) is 0 Å². The number of hydrogen-bond donors (Lipinski definition) is 0. The molecule has 0 bridgehead atoms. The monoisotopic (exact) mass is 548 g/mol. The van der Waals surface area contributed by atoms with Crippen LogP contribution in [0.3, 0.4) is 0 Å². The minimum absolute atomic E-state index is 0.902. The Bertz CT molecular complexity index is 2520. The van der Waals surface area contributed by atoms with Gasteiger partial charge in [0.05, 0.1) is 22.4 Å². The Morgan fingerprint density at radius 3 is 1.88 bits per heavy atom. The molecule has 0 spiro atoms. The predicted molar refractivity (Wildman–Crippen MR) is 178 cm³/mol. The summed E-state index contributed by atoms with van der Waals surface area (Å²) in [7, 11) is 0. The third-order valence-electron chi connectivity index (χ3n) is 8.45. The topological polar surface area (TPSA) is 38.9 Å². The summed E-state index contributed by atoms with van der Waals surface area (Å²) >= 11 is 0. The summed E-state index contributed by atoms with van der Waals surface area (Å²) in [4.78, 5) is 10.4. The smallest absolute Gasteiger partial charge is 0.135 e. The van der Waals surface area contributed by atoms with Crippen molar-refractivity contribution in [3.8, 4) is 33.6 Å². The summed E-state index contributed by atoms with van der Waals surface area (Å²) in [6, 6.07) is 50.9. The van der Waals surface area contributed by atoms with E-state index in [1.165, 1.54) is 10.8 Å². The average molecular weight is 549 g/mol. The second kappa shape index (κ2) is 9.37. The Hall–Kier alpha value is -5.80. The van der Waals surface area contributed by atoms with Gasteiger partial charge in [-0.25, -0.2) is 9.97 Å². The van der Waals surface area contributed by atoms with Crippen molar-refractivity contribution in [1.29, 1.82) is 0 Å². The molecule has 0 amide bonds. The van der Waals surface area contributed by atoms with Gasteiger partial charge in [-0.1, -0.05) is 109 Å². The van der Waals surface area contributed by atoms with Crippen molar-refractivity contribution in [3.63, 3.8) is 0 Å². The Morgan fingerprint density at radius 1 is 0.372 bits per heavy atom. The highest BCUT2D eigenvalue weighted by Gasteiger charge is 2.12. The molecule has 0 radical (unpaired) electrons. The number of hydrogen-bond acceptors (Lipinski definition) is 3. The molecule has 6 aromatic carbocycles. The molecule has 3 aromatic heterocycles. The molecule has 0 saturated carbocycles. The Kier molecular flexibility index (Phi) is 5.20. The summed E-state index contributed by atoms with van der Waals surface area (Å²) < 4.78 is 6.05. The maximum Gasteiger partial charge on any atom is 0.135 e. The normalized spacial score (nSPS) is 11.7. The molecule has 3 heterocycles. The van der Waals surface area contributed by atoms with Crippen LogP contribution in [-0.4, -0.2) is 9.97 Å². The van der Waals surface area contributed by atoms with Gasteiger partial charge in [0.25, 0.3) is 0 Å². The number of rotatable bonds is 3. The lowest BCUT2D eigenvalue weighted by atomic mass is 9.99. The second-order valence-electron chi connectivity index (χ2n) is 11.0.